The van der Waals surface area contributed by atoms with Crippen LogP contribution in [0.3, 0.4) is 0 Å². The Kier molecular flexibility index (Phi) is 5.14. The molecule has 2 heteroatoms. The van der Waals surface area contributed by atoms with Crippen molar-refractivity contribution in [2.45, 2.75) is 44.2 Å². The Morgan fingerprint density at radius 2 is 1.57 bits per heavy atom. The van der Waals surface area contributed by atoms with Crippen LogP contribution in [0.5, 0.6) is 0 Å². The fourth-order valence-corrected chi connectivity index (χ4v) is 3.86. The highest BCUT2D eigenvalue weighted by Gasteiger charge is 2.44. The molecule has 2 aromatic carbocycles. The summed E-state index contributed by atoms with van der Waals surface area (Å²) in [7, 11) is 0. The first-order chi connectivity index (χ1) is 11.3. The van der Waals surface area contributed by atoms with Gasteiger partial charge in [-0.1, -0.05) is 74.0 Å². The van der Waals surface area contributed by atoms with E-state index in [4.69, 9.17) is 0 Å². The highest BCUT2D eigenvalue weighted by atomic mass is 16.3. The number of hydrogen-bond acceptors (Lipinski definition) is 2. The van der Waals surface area contributed by atoms with E-state index in [2.05, 4.69) is 36.1 Å². The molecule has 1 atom stereocenters. The van der Waals surface area contributed by atoms with E-state index < -0.39 is 5.60 Å². The number of likely N-dealkylation sites (tertiary alicyclic amines) is 1. The van der Waals surface area contributed by atoms with E-state index in [1.807, 2.05) is 36.4 Å². The summed E-state index contributed by atoms with van der Waals surface area (Å²) in [5.41, 5.74) is 1.06. The number of nitrogens with zero attached hydrogens (tertiary/aromatic N) is 1. The van der Waals surface area contributed by atoms with Crippen molar-refractivity contribution in [3.8, 4) is 0 Å². The molecule has 0 aliphatic carbocycles. The van der Waals surface area contributed by atoms with Crippen LogP contribution in [-0.2, 0) is 5.60 Å². The van der Waals surface area contributed by atoms with Crippen LogP contribution in [0.1, 0.15) is 43.7 Å². The Hall–Kier alpha value is -1.64. The molecule has 1 fully saturated rings. The van der Waals surface area contributed by atoms with Crippen LogP contribution in [0, 0.1) is 0 Å². The lowest BCUT2D eigenvalue weighted by molar-refractivity contribution is -0.00412. The third-order valence-electron chi connectivity index (χ3n) is 5.07. The molecule has 3 rings (SSSR count). The molecule has 1 aliphatic heterocycles. The quantitative estimate of drug-likeness (QED) is 0.865. The normalized spacial score (nSPS) is 19.1. The van der Waals surface area contributed by atoms with Crippen molar-refractivity contribution in [2.75, 3.05) is 13.1 Å². The molecule has 0 saturated carbocycles. The molecule has 0 aromatic heterocycles. The lowest BCUT2D eigenvalue weighted by Gasteiger charge is -2.40. The average Bonchev–Trinajstić information content (AvgIpc) is 3.10. The van der Waals surface area contributed by atoms with Crippen LogP contribution in [0.4, 0.5) is 0 Å². The Morgan fingerprint density at radius 3 is 2.09 bits per heavy atom. The van der Waals surface area contributed by atoms with E-state index in [1.165, 1.54) is 12.8 Å². The third kappa shape index (κ3) is 3.19. The standard InChI is InChI=1S/C21H27NO/c1-2-3-16-22-17-10-15-20(22)21(23,18-11-6-4-7-12-18)19-13-8-5-9-14-19/h4-9,11-14,20,23H,2-3,10,15-17H2,1H3/t20-/m0/s1. The van der Waals surface area contributed by atoms with E-state index >= 15 is 0 Å². The number of aliphatic hydroxyl groups is 1. The second-order valence-corrected chi connectivity index (χ2v) is 6.55. The van der Waals surface area contributed by atoms with Crippen molar-refractivity contribution in [3.05, 3.63) is 71.8 Å². The van der Waals surface area contributed by atoms with Crippen LogP contribution < -0.4 is 0 Å². The first kappa shape index (κ1) is 16.2. The maximum absolute atomic E-state index is 11.9. The minimum Gasteiger partial charge on any atom is -0.379 e. The second kappa shape index (κ2) is 7.29. The van der Waals surface area contributed by atoms with E-state index in [0.29, 0.717) is 0 Å². The first-order valence-corrected chi connectivity index (χ1v) is 8.84. The van der Waals surface area contributed by atoms with Crippen molar-refractivity contribution in [2.24, 2.45) is 0 Å². The van der Waals surface area contributed by atoms with Gasteiger partial charge >= 0.3 is 0 Å². The predicted molar refractivity (Wildman–Crippen MR) is 95.4 cm³/mol. The van der Waals surface area contributed by atoms with Gasteiger partial charge in [-0.2, -0.15) is 0 Å². The van der Waals surface area contributed by atoms with Crippen LogP contribution in [-0.4, -0.2) is 29.1 Å². The highest BCUT2D eigenvalue weighted by Crippen LogP contribution is 2.40. The number of hydrogen-bond donors (Lipinski definition) is 1. The molecule has 1 heterocycles. The maximum Gasteiger partial charge on any atom is 0.130 e. The van der Waals surface area contributed by atoms with Gasteiger partial charge < -0.3 is 5.11 Å². The number of unbranched alkanes of at least 4 members (excludes halogenated alkanes) is 1. The van der Waals surface area contributed by atoms with Crippen molar-refractivity contribution in [1.29, 1.82) is 0 Å². The zero-order valence-electron chi connectivity index (χ0n) is 14.0. The van der Waals surface area contributed by atoms with Gasteiger partial charge in [0.2, 0.25) is 0 Å². The monoisotopic (exact) mass is 309 g/mol. The molecule has 0 amide bonds. The van der Waals surface area contributed by atoms with E-state index in [1.54, 1.807) is 0 Å². The van der Waals surface area contributed by atoms with Gasteiger partial charge in [0, 0.05) is 6.04 Å². The van der Waals surface area contributed by atoms with Gasteiger partial charge in [0.15, 0.2) is 0 Å². The maximum atomic E-state index is 11.9. The summed E-state index contributed by atoms with van der Waals surface area (Å²) in [4.78, 5) is 2.49. The number of benzene rings is 2. The molecule has 2 aromatic rings. The summed E-state index contributed by atoms with van der Waals surface area (Å²) < 4.78 is 0. The van der Waals surface area contributed by atoms with E-state index in [0.717, 1.165) is 37.1 Å². The van der Waals surface area contributed by atoms with Crippen LogP contribution >= 0.6 is 0 Å². The Morgan fingerprint density at radius 1 is 1.00 bits per heavy atom. The molecule has 1 aliphatic rings. The van der Waals surface area contributed by atoms with Crippen LogP contribution in [0.15, 0.2) is 60.7 Å². The molecule has 23 heavy (non-hydrogen) atoms. The molecular weight excluding hydrogens is 282 g/mol. The average molecular weight is 309 g/mol. The second-order valence-electron chi connectivity index (χ2n) is 6.55. The zero-order valence-corrected chi connectivity index (χ0v) is 14.0. The summed E-state index contributed by atoms with van der Waals surface area (Å²) in [5.74, 6) is 0. The van der Waals surface area contributed by atoms with Gasteiger partial charge in [-0.3, -0.25) is 4.90 Å². The van der Waals surface area contributed by atoms with Gasteiger partial charge in [0.1, 0.15) is 5.60 Å². The SMILES string of the molecule is CCCCN1CCC[C@H]1C(O)(c1ccccc1)c1ccccc1. The lowest BCUT2D eigenvalue weighted by atomic mass is 9.79. The van der Waals surface area contributed by atoms with E-state index in [9.17, 15) is 5.11 Å². The fourth-order valence-electron chi connectivity index (χ4n) is 3.86. The molecule has 2 nitrogen and oxygen atoms in total. The molecule has 0 bridgehead atoms. The van der Waals surface area contributed by atoms with Crippen LogP contribution in [0.2, 0.25) is 0 Å². The van der Waals surface area contributed by atoms with Crippen molar-refractivity contribution < 1.29 is 5.11 Å². The van der Waals surface area contributed by atoms with Gasteiger partial charge in [0.05, 0.1) is 0 Å². The van der Waals surface area contributed by atoms with Crippen molar-refractivity contribution in [1.82, 2.24) is 4.90 Å². The first-order valence-electron chi connectivity index (χ1n) is 8.84. The fraction of sp³-hybridized carbons (Fsp3) is 0.429. The molecule has 0 unspecified atom stereocenters. The highest BCUT2D eigenvalue weighted by molar-refractivity contribution is 5.38. The largest absolute Gasteiger partial charge is 0.379 e. The molecular formula is C21H27NO. The van der Waals surface area contributed by atoms with Gasteiger partial charge in [0.25, 0.3) is 0 Å². The summed E-state index contributed by atoms with van der Waals surface area (Å²) in [6.07, 6.45) is 4.59. The molecule has 0 radical (unpaired) electrons. The van der Waals surface area contributed by atoms with Gasteiger partial charge in [-0.15, -0.1) is 0 Å². The Balaban J connectivity index is 2.02. The summed E-state index contributed by atoms with van der Waals surface area (Å²) in [6, 6.07) is 20.5. The number of rotatable bonds is 6. The Labute approximate surface area is 139 Å². The smallest absolute Gasteiger partial charge is 0.130 e. The topological polar surface area (TPSA) is 23.5 Å². The molecule has 0 spiro atoms. The summed E-state index contributed by atoms with van der Waals surface area (Å²) in [5, 5.41) is 11.9. The lowest BCUT2D eigenvalue weighted by Crippen LogP contribution is -2.48. The summed E-state index contributed by atoms with van der Waals surface area (Å²) >= 11 is 0. The van der Waals surface area contributed by atoms with Gasteiger partial charge in [-0.25, -0.2) is 0 Å². The van der Waals surface area contributed by atoms with Crippen molar-refractivity contribution in [3.63, 3.8) is 0 Å². The molecule has 1 N–H and O–H groups in total. The molecule has 1 saturated heterocycles. The minimum atomic E-state index is -0.938. The van der Waals surface area contributed by atoms with Crippen molar-refractivity contribution >= 4 is 0 Å². The van der Waals surface area contributed by atoms with Gasteiger partial charge in [-0.05, 0) is 43.5 Å². The third-order valence-corrected chi connectivity index (χ3v) is 5.07. The predicted octanol–water partition coefficient (Wildman–Crippen LogP) is 4.19. The minimum absolute atomic E-state index is 0.152. The molecule has 122 valence electrons. The summed E-state index contributed by atoms with van der Waals surface area (Å²) in [6.45, 7) is 4.39. The zero-order chi connectivity index (χ0) is 16.1. The Bertz CT molecular complexity index is 556. The van der Waals surface area contributed by atoms with E-state index in [-0.39, 0.29) is 6.04 Å². The van der Waals surface area contributed by atoms with Crippen LogP contribution in [0.25, 0.3) is 0 Å².